The molecule has 1 aromatic carbocycles. The van der Waals surface area contributed by atoms with E-state index in [1.54, 1.807) is 0 Å². The summed E-state index contributed by atoms with van der Waals surface area (Å²) in [5.74, 6) is 2.20. The molecule has 2 N–H and O–H groups in total. The fraction of sp³-hybridized carbons (Fsp3) is 0.611. The summed E-state index contributed by atoms with van der Waals surface area (Å²) in [6, 6.07) is 6.56. The number of hydrogen-bond donors (Lipinski definition) is 2. The lowest BCUT2D eigenvalue weighted by Gasteiger charge is -2.24. The first-order valence-electron chi connectivity index (χ1n) is 8.53. The van der Waals surface area contributed by atoms with Gasteiger partial charge in [0, 0.05) is 17.8 Å². The van der Waals surface area contributed by atoms with Gasteiger partial charge in [0.2, 0.25) is 0 Å². The summed E-state index contributed by atoms with van der Waals surface area (Å²) in [5.41, 5.74) is 3.87. The molecule has 1 saturated heterocycles. The molecule has 0 radical (unpaired) electrons. The van der Waals surface area contributed by atoms with Gasteiger partial charge in [-0.05, 0) is 49.1 Å². The SMILES string of the molecule is CCNC(=NCc1ccc2c(c1)COC2)NCC1(C)CCCS1.I. The van der Waals surface area contributed by atoms with E-state index in [1.807, 2.05) is 0 Å². The molecule has 0 aliphatic carbocycles. The van der Waals surface area contributed by atoms with Gasteiger partial charge in [0.15, 0.2) is 5.96 Å². The van der Waals surface area contributed by atoms with E-state index in [0.29, 0.717) is 11.3 Å². The van der Waals surface area contributed by atoms with Gasteiger partial charge in [-0.1, -0.05) is 18.2 Å². The molecule has 0 spiro atoms. The number of halogens is 1. The molecule has 0 amide bonds. The molecule has 1 atom stereocenters. The van der Waals surface area contributed by atoms with Crippen LogP contribution in [0.4, 0.5) is 0 Å². The Hall–Kier alpha value is -0.470. The van der Waals surface area contributed by atoms with Crippen molar-refractivity contribution in [3.8, 4) is 0 Å². The van der Waals surface area contributed by atoms with Crippen molar-refractivity contribution in [3.63, 3.8) is 0 Å². The van der Waals surface area contributed by atoms with Crippen molar-refractivity contribution in [1.29, 1.82) is 0 Å². The van der Waals surface area contributed by atoms with Gasteiger partial charge in [0.25, 0.3) is 0 Å². The maximum Gasteiger partial charge on any atom is 0.191 e. The van der Waals surface area contributed by atoms with E-state index in [0.717, 1.165) is 32.3 Å². The molecule has 1 aromatic rings. The highest BCUT2D eigenvalue weighted by atomic mass is 127. The molecule has 2 heterocycles. The predicted octanol–water partition coefficient (Wildman–Crippen LogP) is 3.68. The highest BCUT2D eigenvalue weighted by Gasteiger charge is 2.29. The molecule has 134 valence electrons. The Morgan fingerprint density at radius 2 is 2.12 bits per heavy atom. The smallest absolute Gasteiger partial charge is 0.191 e. The minimum atomic E-state index is 0. The van der Waals surface area contributed by atoms with E-state index in [4.69, 9.17) is 9.73 Å². The lowest BCUT2D eigenvalue weighted by molar-refractivity contribution is 0.134. The highest BCUT2D eigenvalue weighted by molar-refractivity contribution is 14.0. The fourth-order valence-corrected chi connectivity index (χ4v) is 4.33. The average Bonchev–Trinajstić information content (AvgIpc) is 3.19. The molecule has 24 heavy (non-hydrogen) atoms. The summed E-state index contributed by atoms with van der Waals surface area (Å²) in [6.45, 7) is 8.50. The third-order valence-electron chi connectivity index (χ3n) is 4.48. The quantitative estimate of drug-likeness (QED) is 0.399. The van der Waals surface area contributed by atoms with Crippen LogP contribution in [0.2, 0.25) is 0 Å². The largest absolute Gasteiger partial charge is 0.372 e. The number of ether oxygens (including phenoxy) is 1. The number of hydrogen-bond acceptors (Lipinski definition) is 3. The molecule has 1 fully saturated rings. The first-order chi connectivity index (χ1) is 11.2. The average molecular weight is 461 g/mol. The van der Waals surface area contributed by atoms with Crippen LogP contribution in [0.5, 0.6) is 0 Å². The Labute approximate surface area is 166 Å². The molecule has 0 saturated carbocycles. The number of nitrogens with one attached hydrogen (secondary N) is 2. The maximum absolute atomic E-state index is 5.48. The third kappa shape index (κ3) is 5.26. The number of nitrogens with zero attached hydrogens (tertiary/aromatic N) is 1. The molecule has 2 aliphatic rings. The van der Waals surface area contributed by atoms with Crippen molar-refractivity contribution in [2.75, 3.05) is 18.8 Å². The van der Waals surface area contributed by atoms with E-state index in [9.17, 15) is 0 Å². The molecule has 3 rings (SSSR count). The summed E-state index contributed by atoms with van der Waals surface area (Å²) in [6.07, 6.45) is 2.61. The summed E-state index contributed by atoms with van der Waals surface area (Å²) >= 11 is 2.07. The molecular weight excluding hydrogens is 433 g/mol. The molecule has 2 aliphatic heterocycles. The van der Waals surface area contributed by atoms with Crippen LogP contribution < -0.4 is 10.6 Å². The standard InChI is InChI=1S/C18H27N3OS.HI/c1-3-19-17(21-13-18(2)7-4-8-23-18)20-10-14-5-6-15-11-22-12-16(15)9-14;/h5-6,9H,3-4,7-8,10-13H2,1-2H3,(H2,19,20,21);1H. The Morgan fingerprint density at radius 1 is 1.29 bits per heavy atom. The normalized spacial score (nSPS) is 22.8. The van der Waals surface area contributed by atoms with Crippen LogP contribution in [0.3, 0.4) is 0 Å². The second-order valence-corrected chi connectivity index (χ2v) is 8.23. The third-order valence-corrected chi connectivity index (χ3v) is 6.02. The van der Waals surface area contributed by atoms with Gasteiger partial charge in [-0.3, -0.25) is 0 Å². The van der Waals surface area contributed by atoms with Gasteiger partial charge in [-0.25, -0.2) is 4.99 Å². The highest BCUT2D eigenvalue weighted by Crippen LogP contribution is 2.36. The van der Waals surface area contributed by atoms with Crippen LogP contribution in [-0.4, -0.2) is 29.5 Å². The summed E-state index contributed by atoms with van der Waals surface area (Å²) in [4.78, 5) is 4.75. The second kappa shape index (κ2) is 9.29. The van der Waals surface area contributed by atoms with Crippen molar-refractivity contribution < 1.29 is 4.74 Å². The minimum Gasteiger partial charge on any atom is -0.372 e. The van der Waals surface area contributed by atoms with Crippen molar-refractivity contribution in [1.82, 2.24) is 10.6 Å². The number of guanidine groups is 1. The van der Waals surface area contributed by atoms with Gasteiger partial charge >= 0.3 is 0 Å². The Kier molecular flexibility index (Phi) is 7.68. The number of fused-ring (bicyclic) bond motifs is 1. The fourth-order valence-electron chi connectivity index (χ4n) is 3.08. The van der Waals surface area contributed by atoms with Crippen LogP contribution in [0.25, 0.3) is 0 Å². The van der Waals surface area contributed by atoms with Gasteiger partial charge in [0.1, 0.15) is 0 Å². The number of rotatable bonds is 5. The van der Waals surface area contributed by atoms with Crippen LogP contribution in [0.1, 0.15) is 43.4 Å². The minimum absolute atomic E-state index is 0. The Morgan fingerprint density at radius 3 is 2.88 bits per heavy atom. The second-order valence-electron chi connectivity index (χ2n) is 6.55. The molecular formula is C18H28IN3OS. The lowest BCUT2D eigenvalue weighted by Crippen LogP contribution is -2.43. The van der Waals surface area contributed by atoms with Crippen LogP contribution in [0, 0.1) is 0 Å². The van der Waals surface area contributed by atoms with Crippen LogP contribution in [-0.2, 0) is 24.5 Å². The predicted molar refractivity (Wildman–Crippen MR) is 113 cm³/mol. The van der Waals surface area contributed by atoms with E-state index in [2.05, 4.69) is 54.4 Å². The first-order valence-corrected chi connectivity index (χ1v) is 9.52. The van der Waals surface area contributed by atoms with E-state index >= 15 is 0 Å². The van der Waals surface area contributed by atoms with Crippen molar-refractivity contribution >= 4 is 41.7 Å². The number of thioether (sulfide) groups is 1. The van der Waals surface area contributed by atoms with Crippen molar-refractivity contribution in [2.45, 2.75) is 51.2 Å². The Bertz CT molecular complexity index is 573. The number of aliphatic imine (C=N–C) groups is 1. The topological polar surface area (TPSA) is 45.7 Å². The zero-order chi connectivity index (χ0) is 16.1. The first kappa shape index (κ1) is 19.8. The van der Waals surface area contributed by atoms with Crippen LogP contribution >= 0.6 is 35.7 Å². The van der Waals surface area contributed by atoms with E-state index in [-0.39, 0.29) is 24.0 Å². The number of benzene rings is 1. The van der Waals surface area contributed by atoms with Gasteiger partial charge in [-0.2, -0.15) is 11.8 Å². The van der Waals surface area contributed by atoms with E-state index < -0.39 is 0 Å². The lowest BCUT2D eigenvalue weighted by atomic mass is 10.1. The molecule has 0 aromatic heterocycles. The van der Waals surface area contributed by atoms with Gasteiger partial charge in [0.05, 0.1) is 19.8 Å². The zero-order valence-electron chi connectivity index (χ0n) is 14.6. The molecule has 0 bridgehead atoms. The molecule has 1 unspecified atom stereocenters. The van der Waals surface area contributed by atoms with Crippen molar-refractivity contribution in [3.05, 3.63) is 34.9 Å². The maximum atomic E-state index is 5.48. The Balaban J connectivity index is 0.00000208. The summed E-state index contributed by atoms with van der Waals surface area (Å²) < 4.78 is 5.83. The van der Waals surface area contributed by atoms with Gasteiger partial charge < -0.3 is 15.4 Å². The molecule has 6 heteroatoms. The molecule has 4 nitrogen and oxygen atoms in total. The van der Waals surface area contributed by atoms with E-state index in [1.165, 1.54) is 35.3 Å². The van der Waals surface area contributed by atoms with Crippen LogP contribution in [0.15, 0.2) is 23.2 Å². The zero-order valence-corrected chi connectivity index (χ0v) is 17.7. The monoisotopic (exact) mass is 461 g/mol. The van der Waals surface area contributed by atoms with Gasteiger partial charge in [-0.15, -0.1) is 24.0 Å². The summed E-state index contributed by atoms with van der Waals surface area (Å²) in [7, 11) is 0. The summed E-state index contributed by atoms with van der Waals surface area (Å²) in [5, 5.41) is 6.87. The van der Waals surface area contributed by atoms with Crippen molar-refractivity contribution in [2.24, 2.45) is 4.99 Å².